The highest BCUT2D eigenvalue weighted by Gasteiger charge is 2.23. The molecule has 0 saturated carbocycles. The number of allylic oxidation sites excluding steroid dienone is 1. The molecule has 0 aliphatic heterocycles. The second kappa shape index (κ2) is 4.00. The van der Waals surface area contributed by atoms with Gasteiger partial charge in [0.25, 0.3) is 0 Å². The van der Waals surface area contributed by atoms with Gasteiger partial charge in [0.15, 0.2) is 0 Å². The molecule has 2 rings (SSSR count). The van der Waals surface area contributed by atoms with Crippen LogP contribution >= 0.6 is 0 Å². The number of ether oxygens (including phenoxy) is 1. The lowest BCUT2D eigenvalue weighted by Gasteiger charge is -2.10. The van der Waals surface area contributed by atoms with Crippen molar-refractivity contribution in [2.45, 2.75) is 13.3 Å². The van der Waals surface area contributed by atoms with Crippen LogP contribution in [0.3, 0.4) is 0 Å². The summed E-state index contributed by atoms with van der Waals surface area (Å²) in [6, 6.07) is 5.77. The molecule has 84 valence electrons. The summed E-state index contributed by atoms with van der Waals surface area (Å²) in [6.45, 7) is 1.72. The average molecular weight is 218 g/mol. The van der Waals surface area contributed by atoms with E-state index in [1.807, 2.05) is 24.3 Å². The van der Waals surface area contributed by atoms with E-state index in [0.29, 0.717) is 0 Å². The van der Waals surface area contributed by atoms with E-state index in [2.05, 4.69) is 0 Å². The third kappa shape index (κ3) is 1.69. The van der Waals surface area contributed by atoms with Crippen molar-refractivity contribution in [1.29, 1.82) is 0 Å². The molecule has 1 atom stereocenters. The molecule has 1 aromatic carbocycles. The zero-order valence-corrected chi connectivity index (χ0v) is 9.36. The molecule has 1 aromatic rings. The highest BCUT2D eigenvalue weighted by molar-refractivity contribution is 5.89. The van der Waals surface area contributed by atoms with Gasteiger partial charge in [-0.3, -0.25) is 4.79 Å². The van der Waals surface area contributed by atoms with E-state index in [1.54, 1.807) is 14.0 Å². The molecule has 0 unspecified atom stereocenters. The Bertz CT molecular complexity index is 460. The molecule has 0 saturated heterocycles. The quantitative estimate of drug-likeness (QED) is 0.847. The Hall–Kier alpha value is -1.77. The first-order valence-electron chi connectivity index (χ1n) is 5.23. The standard InChI is InChI=1S/C13H14O3/c1-8(13(14)15)11-5-3-9-7-10(16-2)4-6-12(9)11/h4-8H,3H2,1-2H3,(H,14,15)/t8-/m1/s1. The number of hydrogen-bond donors (Lipinski definition) is 1. The highest BCUT2D eigenvalue weighted by atomic mass is 16.5. The molecule has 0 aromatic heterocycles. The summed E-state index contributed by atoms with van der Waals surface area (Å²) in [7, 11) is 1.63. The Morgan fingerprint density at radius 1 is 1.50 bits per heavy atom. The Kier molecular flexibility index (Phi) is 2.69. The Morgan fingerprint density at radius 2 is 2.25 bits per heavy atom. The number of benzene rings is 1. The van der Waals surface area contributed by atoms with E-state index in [4.69, 9.17) is 9.84 Å². The molecule has 1 N–H and O–H groups in total. The molecule has 3 heteroatoms. The molecule has 3 nitrogen and oxygen atoms in total. The molecule has 0 amide bonds. The number of hydrogen-bond acceptors (Lipinski definition) is 2. The van der Waals surface area contributed by atoms with Crippen LogP contribution in [0.15, 0.2) is 24.3 Å². The number of methoxy groups -OCH3 is 1. The lowest BCUT2D eigenvalue weighted by Crippen LogP contribution is -2.10. The number of fused-ring (bicyclic) bond motifs is 1. The van der Waals surface area contributed by atoms with Crippen LogP contribution in [0.25, 0.3) is 5.57 Å². The summed E-state index contributed by atoms with van der Waals surface area (Å²) in [4.78, 5) is 11.0. The van der Waals surface area contributed by atoms with Crippen molar-refractivity contribution in [2.24, 2.45) is 5.92 Å². The van der Waals surface area contributed by atoms with E-state index >= 15 is 0 Å². The molecule has 0 fully saturated rings. The lowest BCUT2D eigenvalue weighted by molar-refractivity contribution is -0.139. The fraction of sp³-hybridized carbons (Fsp3) is 0.308. The Labute approximate surface area is 94.4 Å². The number of rotatable bonds is 3. The predicted octanol–water partition coefficient (Wildman–Crippen LogP) is 2.36. The van der Waals surface area contributed by atoms with Crippen molar-refractivity contribution in [2.75, 3.05) is 7.11 Å². The van der Waals surface area contributed by atoms with Crippen molar-refractivity contribution in [1.82, 2.24) is 0 Å². The first-order valence-corrected chi connectivity index (χ1v) is 5.23. The smallest absolute Gasteiger partial charge is 0.310 e. The second-order valence-electron chi connectivity index (χ2n) is 3.95. The number of carboxylic acids is 1. The zero-order valence-electron chi connectivity index (χ0n) is 9.36. The van der Waals surface area contributed by atoms with E-state index in [-0.39, 0.29) is 0 Å². The molecular formula is C13H14O3. The van der Waals surface area contributed by atoms with E-state index in [0.717, 1.165) is 28.9 Å². The molecular weight excluding hydrogens is 204 g/mol. The fourth-order valence-corrected chi connectivity index (χ4v) is 2.02. The summed E-state index contributed by atoms with van der Waals surface area (Å²) in [6.07, 6.45) is 2.78. The van der Waals surface area contributed by atoms with Crippen LogP contribution in [0.1, 0.15) is 18.1 Å². The molecule has 0 spiro atoms. The van der Waals surface area contributed by atoms with Crippen molar-refractivity contribution in [3.05, 3.63) is 35.4 Å². The van der Waals surface area contributed by atoms with Crippen molar-refractivity contribution >= 4 is 11.5 Å². The van der Waals surface area contributed by atoms with Crippen LogP contribution in [0.4, 0.5) is 0 Å². The van der Waals surface area contributed by atoms with Gasteiger partial charge in [-0.2, -0.15) is 0 Å². The third-order valence-electron chi connectivity index (χ3n) is 3.00. The highest BCUT2D eigenvalue weighted by Crippen LogP contribution is 2.34. The molecule has 0 heterocycles. The van der Waals surface area contributed by atoms with Gasteiger partial charge in [0, 0.05) is 0 Å². The maximum Gasteiger partial charge on any atom is 0.310 e. The van der Waals surface area contributed by atoms with Gasteiger partial charge in [-0.1, -0.05) is 12.1 Å². The summed E-state index contributed by atoms with van der Waals surface area (Å²) in [5, 5.41) is 9.00. The van der Waals surface area contributed by atoms with Crippen LogP contribution in [0.2, 0.25) is 0 Å². The van der Waals surface area contributed by atoms with Crippen LogP contribution in [-0.2, 0) is 11.2 Å². The van der Waals surface area contributed by atoms with Gasteiger partial charge in [0.05, 0.1) is 13.0 Å². The van der Waals surface area contributed by atoms with E-state index in [9.17, 15) is 4.79 Å². The summed E-state index contributed by atoms with van der Waals surface area (Å²) < 4.78 is 5.14. The Balaban J connectivity index is 2.35. The van der Waals surface area contributed by atoms with Crippen molar-refractivity contribution in [3.63, 3.8) is 0 Å². The maximum absolute atomic E-state index is 11.0. The maximum atomic E-state index is 11.0. The first-order chi connectivity index (χ1) is 7.63. The predicted molar refractivity (Wildman–Crippen MR) is 61.5 cm³/mol. The third-order valence-corrected chi connectivity index (χ3v) is 3.00. The van der Waals surface area contributed by atoms with Gasteiger partial charge in [0.2, 0.25) is 0 Å². The topological polar surface area (TPSA) is 46.5 Å². The molecule has 16 heavy (non-hydrogen) atoms. The van der Waals surface area contributed by atoms with Gasteiger partial charge in [-0.15, -0.1) is 0 Å². The van der Waals surface area contributed by atoms with Crippen LogP contribution in [0.5, 0.6) is 5.75 Å². The summed E-state index contributed by atoms with van der Waals surface area (Å²) in [5.74, 6) is -0.416. The first kappa shape index (κ1) is 10.7. The largest absolute Gasteiger partial charge is 0.497 e. The van der Waals surface area contributed by atoms with Gasteiger partial charge in [-0.25, -0.2) is 0 Å². The fourth-order valence-electron chi connectivity index (χ4n) is 2.02. The minimum Gasteiger partial charge on any atom is -0.497 e. The number of carboxylic acid groups (broad SMARTS) is 1. The average Bonchev–Trinajstić information content (AvgIpc) is 2.70. The van der Waals surface area contributed by atoms with Crippen LogP contribution < -0.4 is 4.74 Å². The molecule has 1 aliphatic rings. The van der Waals surface area contributed by atoms with Crippen LogP contribution in [-0.4, -0.2) is 18.2 Å². The Morgan fingerprint density at radius 3 is 2.88 bits per heavy atom. The van der Waals surface area contributed by atoms with Crippen molar-refractivity contribution in [3.8, 4) is 5.75 Å². The molecule has 0 bridgehead atoms. The van der Waals surface area contributed by atoms with E-state index < -0.39 is 11.9 Å². The van der Waals surface area contributed by atoms with E-state index in [1.165, 1.54) is 0 Å². The molecule has 1 aliphatic carbocycles. The lowest BCUT2D eigenvalue weighted by atomic mass is 9.95. The monoisotopic (exact) mass is 218 g/mol. The minimum absolute atomic E-state index is 0.449. The number of aliphatic carboxylic acids is 1. The zero-order chi connectivity index (χ0) is 11.7. The van der Waals surface area contributed by atoms with Gasteiger partial charge in [-0.05, 0) is 42.2 Å². The summed E-state index contributed by atoms with van der Waals surface area (Å²) >= 11 is 0. The van der Waals surface area contributed by atoms with Crippen molar-refractivity contribution < 1.29 is 14.6 Å². The van der Waals surface area contributed by atoms with Gasteiger partial charge in [0.1, 0.15) is 5.75 Å². The van der Waals surface area contributed by atoms with Crippen LogP contribution in [0, 0.1) is 5.92 Å². The molecule has 0 radical (unpaired) electrons. The summed E-state index contributed by atoms with van der Waals surface area (Å²) in [5.41, 5.74) is 3.09. The second-order valence-corrected chi connectivity index (χ2v) is 3.95. The number of carbonyl (C=O) groups is 1. The minimum atomic E-state index is -0.782. The van der Waals surface area contributed by atoms with Gasteiger partial charge < -0.3 is 9.84 Å². The SMILES string of the molecule is COc1ccc2c(c1)CC=C2[C@@H](C)C(=O)O. The normalized spacial score (nSPS) is 15.2. The van der Waals surface area contributed by atoms with Gasteiger partial charge >= 0.3 is 5.97 Å².